The lowest BCUT2D eigenvalue weighted by molar-refractivity contribution is -0.139. The highest BCUT2D eigenvalue weighted by Gasteiger charge is 2.30. The number of carbonyl (C=O) groups excluding carboxylic acids is 2. The molecule has 16 heavy (non-hydrogen) atoms. The second-order valence-electron chi connectivity index (χ2n) is 3.53. The fourth-order valence-electron chi connectivity index (χ4n) is 1.74. The molecule has 0 aromatic heterocycles. The lowest BCUT2D eigenvalue weighted by atomic mass is 9.99. The number of hydrogen-bond acceptors (Lipinski definition) is 3. The van der Waals surface area contributed by atoms with Crippen LogP contribution in [0.3, 0.4) is 0 Å². The average Bonchev–Trinajstić information content (AvgIpc) is 2.27. The van der Waals surface area contributed by atoms with Gasteiger partial charge in [0.1, 0.15) is 0 Å². The van der Waals surface area contributed by atoms with Gasteiger partial charge in [0, 0.05) is 5.70 Å². The third-order valence-corrected chi connectivity index (χ3v) is 2.50. The Morgan fingerprint density at radius 1 is 1.38 bits per heavy atom. The fraction of sp³-hybridized carbons (Fsp3) is 0.636. The second kappa shape index (κ2) is 5.53. The lowest BCUT2D eigenvalue weighted by Gasteiger charge is -2.27. The third-order valence-electron chi connectivity index (χ3n) is 2.50. The van der Waals surface area contributed by atoms with Gasteiger partial charge in [0.05, 0.1) is 18.2 Å². The maximum Gasteiger partial charge on any atom is 0.337 e. The minimum absolute atomic E-state index is 0.247. The molecule has 0 aliphatic carbocycles. The summed E-state index contributed by atoms with van der Waals surface area (Å²) in [6.45, 7) is 5.92. The zero-order valence-electron chi connectivity index (χ0n) is 9.92. The molecular weight excluding hydrogens is 208 g/mol. The van der Waals surface area contributed by atoms with Crippen LogP contribution in [0.5, 0.6) is 0 Å². The normalized spacial score (nSPS) is 20.2. The SMILES string of the molecule is CCOC(=O)C1=C(CC)NC(=O)N[C@@H]1CC. The van der Waals surface area contributed by atoms with Crippen molar-refractivity contribution in [3.63, 3.8) is 0 Å². The molecule has 0 unspecified atom stereocenters. The van der Waals surface area contributed by atoms with E-state index in [9.17, 15) is 9.59 Å². The molecule has 5 nitrogen and oxygen atoms in total. The van der Waals surface area contributed by atoms with Gasteiger partial charge in [-0.1, -0.05) is 13.8 Å². The standard InChI is InChI=1S/C11H18N2O3/c1-4-7-9(10(14)16-6-3)8(5-2)13-11(15)12-7/h7H,4-6H2,1-3H3,(H2,12,13,15)/t7-/m1/s1. The largest absolute Gasteiger partial charge is 0.463 e. The summed E-state index contributed by atoms with van der Waals surface area (Å²) in [4.78, 5) is 23.1. The molecule has 2 amide bonds. The highest BCUT2D eigenvalue weighted by atomic mass is 16.5. The van der Waals surface area contributed by atoms with E-state index >= 15 is 0 Å². The molecule has 1 aliphatic heterocycles. The molecule has 0 radical (unpaired) electrons. The maximum absolute atomic E-state index is 11.8. The van der Waals surface area contributed by atoms with Crippen LogP contribution >= 0.6 is 0 Å². The summed E-state index contributed by atoms with van der Waals surface area (Å²) in [5.74, 6) is -0.348. The molecule has 0 bridgehead atoms. The summed E-state index contributed by atoms with van der Waals surface area (Å²) in [5.41, 5.74) is 1.21. The van der Waals surface area contributed by atoms with Crippen LogP contribution in [0.15, 0.2) is 11.3 Å². The Bertz CT molecular complexity index is 323. The number of rotatable bonds is 4. The van der Waals surface area contributed by atoms with Crippen molar-refractivity contribution in [1.82, 2.24) is 10.6 Å². The summed E-state index contributed by atoms with van der Waals surface area (Å²) >= 11 is 0. The molecule has 2 N–H and O–H groups in total. The number of ether oxygens (including phenoxy) is 1. The number of urea groups is 1. The molecular formula is C11H18N2O3. The molecule has 0 spiro atoms. The molecule has 1 heterocycles. The van der Waals surface area contributed by atoms with E-state index in [0.29, 0.717) is 30.7 Å². The Morgan fingerprint density at radius 2 is 2.06 bits per heavy atom. The Hall–Kier alpha value is -1.52. The summed E-state index contributed by atoms with van der Waals surface area (Å²) in [5, 5.41) is 5.36. The zero-order chi connectivity index (χ0) is 12.1. The average molecular weight is 226 g/mol. The first kappa shape index (κ1) is 12.5. The van der Waals surface area contributed by atoms with Crippen LogP contribution in [0, 0.1) is 0 Å². The van der Waals surface area contributed by atoms with Crippen molar-refractivity contribution in [1.29, 1.82) is 0 Å². The van der Waals surface area contributed by atoms with Gasteiger partial charge in [-0.25, -0.2) is 9.59 Å². The van der Waals surface area contributed by atoms with Crippen LogP contribution in [0.4, 0.5) is 4.79 Å². The number of hydrogen-bond donors (Lipinski definition) is 2. The summed E-state index contributed by atoms with van der Waals surface area (Å²) < 4.78 is 4.99. The van der Waals surface area contributed by atoms with E-state index in [1.807, 2.05) is 13.8 Å². The smallest absolute Gasteiger partial charge is 0.337 e. The van der Waals surface area contributed by atoms with Gasteiger partial charge in [0.2, 0.25) is 0 Å². The first-order valence-electron chi connectivity index (χ1n) is 5.61. The van der Waals surface area contributed by atoms with Crippen LogP contribution in [-0.4, -0.2) is 24.6 Å². The van der Waals surface area contributed by atoms with Gasteiger partial charge in [-0.3, -0.25) is 0 Å². The number of esters is 1. The molecule has 1 aliphatic rings. The maximum atomic E-state index is 11.8. The van der Waals surface area contributed by atoms with Crippen molar-refractivity contribution in [3.05, 3.63) is 11.3 Å². The third kappa shape index (κ3) is 2.53. The quantitative estimate of drug-likeness (QED) is 0.710. The molecule has 0 saturated heterocycles. The van der Waals surface area contributed by atoms with Gasteiger partial charge in [-0.2, -0.15) is 0 Å². The predicted octanol–water partition coefficient (Wildman–Crippen LogP) is 1.30. The van der Waals surface area contributed by atoms with Crippen LogP contribution in [0.25, 0.3) is 0 Å². The van der Waals surface area contributed by atoms with Gasteiger partial charge in [-0.15, -0.1) is 0 Å². The van der Waals surface area contributed by atoms with Crippen LogP contribution < -0.4 is 10.6 Å². The molecule has 1 atom stereocenters. The second-order valence-corrected chi connectivity index (χ2v) is 3.53. The molecule has 0 saturated carbocycles. The molecule has 1 rings (SSSR count). The topological polar surface area (TPSA) is 67.4 Å². The highest BCUT2D eigenvalue weighted by Crippen LogP contribution is 2.18. The Kier molecular flexibility index (Phi) is 4.34. The van der Waals surface area contributed by atoms with E-state index in [-0.39, 0.29) is 18.0 Å². The Labute approximate surface area is 95.2 Å². The first-order chi connectivity index (χ1) is 7.63. The van der Waals surface area contributed by atoms with E-state index in [0.717, 1.165) is 0 Å². The Balaban J connectivity index is 3.02. The van der Waals surface area contributed by atoms with Gasteiger partial charge in [-0.05, 0) is 19.8 Å². The van der Waals surface area contributed by atoms with Crippen molar-refractivity contribution in [2.24, 2.45) is 0 Å². The van der Waals surface area contributed by atoms with E-state index < -0.39 is 0 Å². The van der Waals surface area contributed by atoms with Crippen LogP contribution in [-0.2, 0) is 9.53 Å². The highest BCUT2D eigenvalue weighted by molar-refractivity contribution is 5.94. The zero-order valence-corrected chi connectivity index (χ0v) is 9.92. The van der Waals surface area contributed by atoms with Gasteiger partial charge < -0.3 is 15.4 Å². The fourth-order valence-corrected chi connectivity index (χ4v) is 1.74. The summed E-state index contributed by atoms with van der Waals surface area (Å²) in [6, 6.07) is -0.500. The minimum atomic E-state index is -0.348. The lowest BCUT2D eigenvalue weighted by Crippen LogP contribution is -2.50. The van der Waals surface area contributed by atoms with Gasteiger partial charge in [0.25, 0.3) is 0 Å². The van der Waals surface area contributed by atoms with Crippen molar-refractivity contribution in [2.45, 2.75) is 39.7 Å². The van der Waals surface area contributed by atoms with Crippen LogP contribution in [0.2, 0.25) is 0 Å². The monoisotopic (exact) mass is 226 g/mol. The van der Waals surface area contributed by atoms with Crippen molar-refractivity contribution in [2.75, 3.05) is 6.61 Å². The molecule has 0 aromatic rings. The predicted molar refractivity (Wildman–Crippen MR) is 59.7 cm³/mol. The van der Waals surface area contributed by atoms with E-state index in [2.05, 4.69) is 10.6 Å². The molecule has 5 heteroatoms. The van der Waals surface area contributed by atoms with Gasteiger partial charge in [0.15, 0.2) is 0 Å². The van der Waals surface area contributed by atoms with Gasteiger partial charge >= 0.3 is 12.0 Å². The minimum Gasteiger partial charge on any atom is -0.463 e. The molecule has 0 fully saturated rings. The first-order valence-corrected chi connectivity index (χ1v) is 5.61. The van der Waals surface area contributed by atoms with Crippen molar-refractivity contribution in [3.8, 4) is 0 Å². The van der Waals surface area contributed by atoms with Crippen molar-refractivity contribution < 1.29 is 14.3 Å². The number of carbonyl (C=O) groups is 2. The van der Waals surface area contributed by atoms with Crippen LogP contribution in [0.1, 0.15) is 33.6 Å². The van der Waals surface area contributed by atoms with E-state index in [1.54, 1.807) is 6.92 Å². The molecule has 90 valence electrons. The number of nitrogens with one attached hydrogen (secondary N) is 2. The number of allylic oxidation sites excluding steroid dienone is 1. The Morgan fingerprint density at radius 3 is 2.56 bits per heavy atom. The summed E-state index contributed by atoms with van der Waals surface area (Å²) in [7, 11) is 0. The van der Waals surface area contributed by atoms with Crippen molar-refractivity contribution >= 4 is 12.0 Å². The summed E-state index contributed by atoms with van der Waals surface area (Å²) in [6.07, 6.45) is 1.28. The number of amides is 2. The van der Waals surface area contributed by atoms with E-state index in [1.165, 1.54) is 0 Å². The molecule has 0 aromatic carbocycles. The van der Waals surface area contributed by atoms with E-state index in [4.69, 9.17) is 4.74 Å².